The Labute approximate surface area is 142 Å². The maximum absolute atomic E-state index is 12.4. The Morgan fingerprint density at radius 3 is 2.62 bits per heavy atom. The number of nitrogens with one attached hydrogen (secondary N) is 2. The van der Waals surface area contributed by atoms with E-state index >= 15 is 0 Å². The lowest BCUT2D eigenvalue weighted by atomic mass is 10.3. The number of carbonyl (C=O) groups is 1. The molecule has 9 nitrogen and oxygen atoms in total. The number of aryl methyl sites for hydroxylation is 2. The van der Waals surface area contributed by atoms with Gasteiger partial charge in [-0.3, -0.25) is 10.1 Å². The number of rotatable bonds is 6. The largest absolute Gasteiger partial charge is 0.360 e. The molecular weight excluding hydrogens is 354 g/mol. The van der Waals surface area contributed by atoms with E-state index in [1.807, 2.05) is 0 Å². The van der Waals surface area contributed by atoms with Crippen LogP contribution < -0.4 is 10.0 Å². The summed E-state index contributed by atoms with van der Waals surface area (Å²) in [5, 5.41) is 15.4. The molecule has 2 aromatic heterocycles. The van der Waals surface area contributed by atoms with Gasteiger partial charge in [-0.2, -0.15) is 4.72 Å². The maximum Gasteiger partial charge on any atom is 0.246 e. The third-order valence-corrected chi connectivity index (χ3v) is 6.34. The zero-order valence-electron chi connectivity index (χ0n) is 13.4. The monoisotopic (exact) mass is 371 g/mol. The minimum atomic E-state index is -3.91. The number of hydrogen-bond donors (Lipinski definition) is 2. The lowest BCUT2D eigenvalue weighted by Crippen LogP contribution is -2.41. The molecule has 2 aromatic rings. The van der Waals surface area contributed by atoms with Crippen molar-refractivity contribution in [3.63, 3.8) is 0 Å². The molecule has 1 saturated carbocycles. The minimum absolute atomic E-state index is 0.0471. The van der Waals surface area contributed by atoms with Gasteiger partial charge in [0, 0.05) is 5.92 Å². The van der Waals surface area contributed by atoms with E-state index in [0.29, 0.717) is 11.0 Å². The van der Waals surface area contributed by atoms with Gasteiger partial charge in [-0.05, 0) is 33.6 Å². The van der Waals surface area contributed by atoms with Crippen LogP contribution in [0.5, 0.6) is 0 Å². The fourth-order valence-corrected chi connectivity index (χ4v) is 4.65. The average molecular weight is 371 g/mol. The third-order valence-electron chi connectivity index (χ3n) is 3.56. The molecule has 0 radical (unpaired) electrons. The molecule has 2 N–H and O–H groups in total. The standard InChI is InChI=1S/C13H17N5O4S2/c1-6-10(8(3)22-17-6)24(20,21)18-7(2)11(19)14-13-16-15-12(23-13)9-4-5-9/h7,9,18H,4-5H2,1-3H3,(H,14,16,19)/t7-/m0/s1. The second-order valence-electron chi connectivity index (χ2n) is 5.71. The van der Waals surface area contributed by atoms with E-state index in [0.717, 1.165) is 17.8 Å². The molecule has 0 saturated heterocycles. The van der Waals surface area contributed by atoms with Gasteiger partial charge in [-0.25, -0.2) is 8.42 Å². The Hall–Kier alpha value is -1.85. The normalized spacial score (nSPS) is 16.1. The van der Waals surface area contributed by atoms with Crippen molar-refractivity contribution in [2.24, 2.45) is 0 Å². The average Bonchev–Trinajstić information content (AvgIpc) is 3.14. The number of sulfonamides is 1. The molecule has 11 heteroatoms. The molecular formula is C13H17N5O4S2. The summed E-state index contributed by atoms with van der Waals surface area (Å²) in [6, 6.07) is -0.989. The lowest BCUT2D eigenvalue weighted by molar-refractivity contribution is -0.117. The summed E-state index contributed by atoms with van der Waals surface area (Å²) >= 11 is 1.31. The van der Waals surface area contributed by atoms with Crippen LogP contribution in [-0.2, 0) is 14.8 Å². The van der Waals surface area contributed by atoms with Gasteiger partial charge in [0.05, 0.1) is 6.04 Å². The molecule has 1 fully saturated rings. The molecule has 0 aliphatic heterocycles. The van der Waals surface area contributed by atoms with Crippen molar-refractivity contribution in [1.29, 1.82) is 0 Å². The van der Waals surface area contributed by atoms with Crippen LogP contribution in [0.2, 0.25) is 0 Å². The minimum Gasteiger partial charge on any atom is -0.360 e. The van der Waals surface area contributed by atoms with Crippen LogP contribution >= 0.6 is 11.3 Å². The van der Waals surface area contributed by atoms with Gasteiger partial charge in [0.15, 0.2) is 5.76 Å². The predicted molar refractivity (Wildman–Crippen MR) is 86.3 cm³/mol. The number of amides is 1. The first kappa shape index (κ1) is 17.0. The number of carbonyl (C=O) groups excluding carboxylic acids is 1. The van der Waals surface area contributed by atoms with E-state index in [1.165, 1.54) is 32.1 Å². The second kappa shape index (κ2) is 6.22. The first-order valence-electron chi connectivity index (χ1n) is 7.37. The summed E-state index contributed by atoms with van der Waals surface area (Å²) in [7, 11) is -3.91. The van der Waals surface area contributed by atoms with Crippen molar-refractivity contribution < 1.29 is 17.7 Å². The SMILES string of the molecule is Cc1noc(C)c1S(=O)(=O)N[C@@H](C)C(=O)Nc1nnc(C2CC2)s1. The topological polar surface area (TPSA) is 127 Å². The van der Waals surface area contributed by atoms with Crippen LogP contribution in [0.3, 0.4) is 0 Å². The fourth-order valence-electron chi connectivity index (χ4n) is 2.20. The highest BCUT2D eigenvalue weighted by Crippen LogP contribution is 2.42. The number of hydrogen-bond acceptors (Lipinski definition) is 8. The van der Waals surface area contributed by atoms with E-state index in [9.17, 15) is 13.2 Å². The molecule has 2 heterocycles. The Morgan fingerprint density at radius 1 is 1.33 bits per heavy atom. The molecule has 130 valence electrons. The van der Waals surface area contributed by atoms with Crippen molar-refractivity contribution in [3.8, 4) is 0 Å². The van der Waals surface area contributed by atoms with Gasteiger partial charge < -0.3 is 4.52 Å². The molecule has 24 heavy (non-hydrogen) atoms. The molecule has 3 rings (SSSR count). The van der Waals surface area contributed by atoms with Crippen LogP contribution in [0, 0.1) is 13.8 Å². The quantitative estimate of drug-likeness (QED) is 0.784. The van der Waals surface area contributed by atoms with Gasteiger partial charge >= 0.3 is 0 Å². The van der Waals surface area contributed by atoms with Crippen LogP contribution in [0.15, 0.2) is 9.42 Å². The van der Waals surface area contributed by atoms with Crippen LogP contribution in [0.25, 0.3) is 0 Å². The maximum atomic E-state index is 12.4. The molecule has 0 aromatic carbocycles. The van der Waals surface area contributed by atoms with E-state index < -0.39 is 22.0 Å². The molecule has 1 atom stereocenters. The number of anilines is 1. The fraction of sp³-hybridized carbons (Fsp3) is 0.538. The zero-order chi connectivity index (χ0) is 17.5. The van der Waals surface area contributed by atoms with Gasteiger partial charge in [-0.15, -0.1) is 10.2 Å². The van der Waals surface area contributed by atoms with Gasteiger partial charge in [0.25, 0.3) is 0 Å². The summed E-state index contributed by atoms with van der Waals surface area (Å²) < 4.78 is 32.0. The Bertz CT molecular complexity index is 849. The summed E-state index contributed by atoms with van der Waals surface area (Å²) in [6.07, 6.45) is 2.19. The number of nitrogens with zero attached hydrogens (tertiary/aromatic N) is 3. The lowest BCUT2D eigenvalue weighted by Gasteiger charge is -2.12. The van der Waals surface area contributed by atoms with Crippen molar-refractivity contribution in [2.45, 2.75) is 50.5 Å². The molecule has 0 spiro atoms. The predicted octanol–water partition coefficient (Wildman–Crippen LogP) is 1.33. The zero-order valence-corrected chi connectivity index (χ0v) is 15.0. The van der Waals surface area contributed by atoms with E-state index in [4.69, 9.17) is 4.52 Å². The molecule has 1 amide bonds. The summed E-state index contributed by atoms with van der Waals surface area (Å²) in [5.74, 6) is 0.109. The highest BCUT2D eigenvalue weighted by atomic mass is 32.2. The van der Waals surface area contributed by atoms with Crippen LogP contribution in [-0.4, -0.2) is 35.7 Å². The van der Waals surface area contributed by atoms with Crippen molar-refractivity contribution in [1.82, 2.24) is 20.1 Å². The van der Waals surface area contributed by atoms with Crippen molar-refractivity contribution in [3.05, 3.63) is 16.5 Å². The molecule has 0 bridgehead atoms. The summed E-state index contributed by atoms with van der Waals surface area (Å²) in [5.41, 5.74) is 0.241. The van der Waals surface area contributed by atoms with Crippen LogP contribution in [0.1, 0.15) is 42.1 Å². The van der Waals surface area contributed by atoms with E-state index in [2.05, 4.69) is 25.4 Å². The van der Waals surface area contributed by atoms with Gasteiger partial charge in [0.2, 0.25) is 21.1 Å². The first-order valence-corrected chi connectivity index (χ1v) is 9.67. The molecule has 1 aliphatic rings. The van der Waals surface area contributed by atoms with Crippen LogP contribution in [0.4, 0.5) is 5.13 Å². The second-order valence-corrected chi connectivity index (χ2v) is 8.37. The van der Waals surface area contributed by atoms with Crippen molar-refractivity contribution >= 4 is 32.4 Å². The number of aromatic nitrogens is 3. The first-order chi connectivity index (χ1) is 11.3. The Morgan fingerprint density at radius 2 is 2.04 bits per heavy atom. The molecule has 0 unspecified atom stereocenters. The molecule has 1 aliphatic carbocycles. The van der Waals surface area contributed by atoms with Gasteiger partial charge in [-0.1, -0.05) is 16.5 Å². The Kier molecular flexibility index (Phi) is 4.40. The summed E-state index contributed by atoms with van der Waals surface area (Å²) in [6.45, 7) is 4.48. The third kappa shape index (κ3) is 3.47. The smallest absolute Gasteiger partial charge is 0.246 e. The van der Waals surface area contributed by atoms with E-state index in [1.54, 1.807) is 0 Å². The van der Waals surface area contributed by atoms with Crippen molar-refractivity contribution in [2.75, 3.05) is 5.32 Å². The highest BCUT2D eigenvalue weighted by Gasteiger charge is 2.30. The van der Waals surface area contributed by atoms with Gasteiger partial charge in [0.1, 0.15) is 15.6 Å². The van der Waals surface area contributed by atoms with E-state index in [-0.39, 0.29) is 16.3 Å². The highest BCUT2D eigenvalue weighted by molar-refractivity contribution is 7.89. The Balaban J connectivity index is 1.66. The summed E-state index contributed by atoms with van der Waals surface area (Å²) in [4.78, 5) is 12.1.